The number of hydrogen-bond donors (Lipinski definition) is 1. The molecule has 1 aliphatic carbocycles. The average molecular weight is 380 g/mol. The minimum atomic E-state index is -0.240. The van der Waals surface area contributed by atoms with Crippen molar-refractivity contribution in [1.82, 2.24) is 10.2 Å². The molecule has 0 bridgehead atoms. The fraction of sp³-hybridized carbons (Fsp3) is 0.435. The fourth-order valence-electron chi connectivity index (χ4n) is 4.39. The molecular weight excluding hydrogens is 352 g/mol. The minimum Gasteiger partial charge on any atom is -0.497 e. The maximum atomic E-state index is 12.5. The molecule has 1 atom stereocenters. The third kappa shape index (κ3) is 4.05. The third-order valence-corrected chi connectivity index (χ3v) is 5.81. The number of ether oxygens (including phenoxy) is 2. The zero-order valence-electron chi connectivity index (χ0n) is 16.4. The van der Waals surface area contributed by atoms with Gasteiger partial charge in [-0.3, -0.25) is 9.69 Å². The van der Waals surface area contributed by atoms with Crippen LogP contribution in [-0.2, 0) is 28.0 Å². The average Bonchev–Trinajstić information content (AvgIpc) is 3.06. The van der Waals surface area contributed by atoms with Crippen LogP contribution in [0.15, 0.2) is 48.5 Å². The molecule has 2 aromatic rings. The first-order chi connectivity index (χ1) is 13.7. The SMILES string of the molecule is COc1cccc(CCNC(=O)CN2CCOC3(CCc4ccccc43)C2)c1. The molecule has 1 heterocycles. The van der Waals surface area contributed by atoms with E-state index in [1.54, 1.807) is 7.11 Å². The van der Waals surface area contributed by atoms with E-state index < -0.39 is 0 Å². The van der Waals surface area contributed by atoms with Gasteiger partial charge in [-0.2, -0.15) is 0 Å². The Kier molecular flexibility index (Phi) is 5.64. The topological polar surface area (TPSA) is 50.8 Å². The summed E-state index contributed by atoms with van der Waals surface area (Å²) >= 11 is 0. The van der Waals surface area contributed by atoms with Crippen LogP contribution in [0.4, 0.5) is 0 Å². The van der Waals surface area contributed by atoms with Gasteiger partial charge in [0.25, 0.3) is 0 Å². The Hall–Kier alpha value is -2.37. The Morgan fingerprint density at radius 1 is 1.25 bits per heavy atom. The van der Waals surface area contributed by atoms with Crippen molar-refractivity contribution >= 4 is 5.91 Å². The first-order valence-electron chi connectivity index (χ1n) is 10.0. The summed E-state index contributed by atoms with van der Waals surface area (Å²) in [6, 6.07) is 16.5. The van der Waals surface area contributed by atoms with Crippen molar-refractivity contribution in [2.75, 3.05) is 39.9 Å². The maximum absolute atomic E-state index is 12.5. The molecule has 5 heteroatoms. The summed E-state index contributed by atoms with van der Waals surface area (Å²) in [6.45, 7) is 3.31. The summed E-state index contributed by atoms with van der Waals surface area (Å²) in [6.07, 6.45) is 2.85. The molecule has 1 N–H and O–H groups in total. The molecule has 1 spiro atoms. The highest BCUT2D eigenvalue weighted by atomic mass is 16.5. The van der Waals surface area contributed by atoms with Crippen LogP contribution in [0.2, 0.25) is 0 Å². The van der Waals surface area contributed by atoms with E-state index in [-0.39, 0.29) is 11.5 Å². The van der Waals surface area contributed by atoms with E-state index in [2.05, 4.69) is 40.5 Å². The second kappa shape index (κ2) is 8.33. The highest BCUT2D eigenvalue weighted by Gasteiger charge is 2.43. The first kappa shape index (κ1) is 19.0. The molecule has 1 fully saturated rings. The zero-order valence-corrected chi connectivity index (χ0v) is 16.4. The lowest BCUT2D eigenvalue weighted by Gasteiger charge is -2.41. The molecule has 2 aromatic carbocycles. The van der Waals surface area contributed by atoms with Crippen LogP contribution in [0.3, 0.4) is 0 Å². The number of methoxy groups -OCH3 is 1. The Balaban J connectivity index is 1.29. The van der Waals surface area contributed by atoms with Crippen LogP contribution in [-0.4, -0.2) is 50.7 Å². The summed E-state index contributed by atoms with van der Waals surface area (Å²) in [5.74, 6) is 0.922. The highest BCUT2D eigenvalue weighted by Crippen LogP contribution is 2.41. The van der Waals surface area contributed by atoms with Crippen LogP contribution in [0.25, 0.3) is 0 Å². The number of amides is 1. The molecule has 0 radical (unpaired) electrons. The van der Waals surface area contributed by atoms with Gasteiger partial charge in [-0.05, 0) is 48.1 Å². The van der Waals surface area contributed by atoms with Gasteiger partial charge in [-0.25, -0.2) is 0 Å². The van der Waals surface area contributed by atoms with Crippen molar-refractivity contribution in [2.24, 2.45) is 0 Å². The number of carbonyl (C=O) groups excluding carboxylic acids is 1. The summed E-state index contributed by atoms with van der Waals surface area (Å²) in [7, 11) is 1.67. The van der Waals surface area contributed by atoms with E-state index in [0.717, 1.165) is 43.7 Å². The van der Waals surface area contributed by atoms with Crippen molar-refractivity contribution < 1.29 is 14.3 Å². The van der Waals surface area contributed by atoms with E-state index in [1.807, 2.05) is 18.2 Å². The highest BCUT2D eigenvalue weighted by molar-refractivity contribution is 5.78. The van der Waals surface area contributed by atoms with Gasteiger partial charge in [-0.1, -0.05) is 36.4 Å². The molecule has 0 aromatic heterocycles. The predicted molar refractivity (Wildman–Crippen MR) is 109 cm³/mol. The van der Waals surface area contributed by atoms with Crippen LogP contribution in [0, 0.1) is 0 Å². The molecule has 5 nitrogen and oxygen atoms in total. The van der Waals surface area contributed by atoms with E-state index in [0.29, 0.717) is 19.7 Å². The van der Waals surface area contributed by atoms with Gasteiger partial charge < -0.3 is 14.8 Å². The summed E-state index contributed by atoms with van der Waals surface area (Å²) in [5.41, 5.74) is 3.60. The van der Waals surface area contributed by atoms with Crippen LogP contribution in [0.5, 0.6) is 5.75 Å². The molecule has 4 rings (SSSR count). The maximum Gasteiger partial charge on any atom is 0.234 e. The van der Waals surface area contributed by atoms with E-state index in [1.165, 1.54) is 11.1 Å². The molecule has 0 saturated carbocycles. The van der Waals surface area contributed by atoms with Crippen molar-refractivity contribution in [3.05, 3.63) is 65.2 Å². The van der Waals surface area contributed by atoms with E-state index >= 15 is 0 Å². The van der Waals surface area contributed by atoms with Gasteiger partial charge in [-0.15, -0.1) is 0 Å². The van der Waals surface area contributed by atoms with Gasteiger partial charge >= 0.3 is 0 Å². The van der Waals surface area contributed by atoms with Crippen LogP contribution < -0.4 is 10.1 Å². The number of nitrogens with zero attached hydrogens (tertiary/aromatic N) is 1. The number of nitrogens with one attached hydrogen (secondary N) is 1. The molecule has 1 aliphatic heterocycles. The lowest BCUT2D eigenvalue weighted by Crippen LogP contribution is -2.51. The third-order valence-electron chi connectivity index (χ3n) is 5.81. The van der Waals surface area contributed by atoms with Gasteiger partial charge in [0.15, 0.2) is 0 Å². The van der Waals surface area contributed by atoms with E-state index in [4.69, 9.17) is 9.47 Å². The Bertz CT molecular complexity index is 834. The number of carbonyl (C=O) groups is 1. The Morgan fingerprint density at radius 3 is 3.04 bits per heavy atom. The quantitative estimate of drug-likeness (QED) is 0.837. The Labute approximate surface area is 166 Å². The monoisotopic (exact) mass is 380 g/mol. The molecule has 1 saturated heterocycles. The van der Waals surface area contributed by atoms with Crippen molar-refractivity contribution in [1.29, 1.82) is 0 Å². The molecule has 1 unspecified atom stereocenters. The number of aryl methyl sites for hydroxylation is 1. The summed E-state index contributed by atoms with van der Waals surface area (Å²) in [4.78, 5) is 14.7. The lowest BCUT2D eigenvalue weighted by molar-refractivity contribution is -0.132. The van der Waals surface area contributed by atoms with Gasteiger partial charge in [0.1, 0.15) is 11.4 Å². The number of hydrogen-bond acceptors (Lipinski definition) is 4. The standard InChI is InChI=1S/C23H28N2O3/c1-27-20-7-4-5-18(15-20)10-12-24-22(26)16-25-13-14-28-23(17-25)11-9-19-6-2-3-8-21(19)23/h2-8,15H,9-14,16-17H2,1H3,(H,24,26). The number of fused-ring (bicyclic) bond motifs is 2. The predicted octanol–water partition coefficient (Wildman–Crippen LogP) is 2.53. The smallest absolute Gasteiger partial charge is 0.234 e. The second-order valence-corrected chi connectivity index (χ2v) is 7.66. The van der Waals surface area contributed by atoms with Crippen molar-refractivity contribution in [3.8, 4) is 5.75 Å². The summed E-state index contributed by atoms with van der Waals surface area (Å²) in [5, 5.41) is 3.05. The van der Waals surface area contributed by atoms with Crippen LogP contribution in [0.1, 0.15) is 23.1 Å². The van der Waals surface area contributed by atoms with Gasteiger partial charge in [0.05, 0.1) is 20.3 Å². The first-order valence-corrected chi connectivity index (χ1v) is 10.0. The molecule has 2 aliphatic rings. The van der Waals surface area contributed by atoms with Crippen molar-refractivity contribution in [2.45, 2.75) is 24.9 Å². The normalized spacial score (nSPS) is 21.5. The lowest BCUT2D eigenvalue weighted by atomic mass is 9.93. The minimum absolute atomic E-state index is 0.0752. The number of benzene rings is 2. The second-order valence-electron chi connectivity index (χ2n) is 7.66. The van der Waals surface area contributed by atoms with Crippen molar-refractivity contribution in [3.63, 3.8) is 0 Å². The fourth-order valence-corrected chi connectivity index (χ4v) is 4.39. The van der Waals surface area contributed by atoms with Crippen LogP contribution >= 0.6 is 0 Å². The van der Waals surface area contributed by atoms with Gasteiger partial charge in [0, 0.05) is 19.6 Å². The van der Waals surface area contributed by atoms with Gasteiger partial charge in [0.2, 0.25) is 5.91 Å². The Morgan fingerprint density at radius 2 is 2.14 bits per heavy atom. The largest absolute Gasteiger partial charge is 0.497 e. The number of rotatable bonds is 6. The number of morpholine rings is 1. The molecule has 1 amide bonds. The molecule has 28 heavy (non-hydrogen) atoms. The zero-order chi connectivity index (χ0) is 19.4. The summed E-state index contributed by atoms with van der Waals surface area (Å²) < 4.78 is 11.5. The molecule has 148 valence electrons. The molecular formula is C23H28N2O3. The van der Waals surface area contributed by atoms with E-state index in [9.17, 15) is 4.79 Å².